The molecule has 0 atom stereocenters. The van der Waals surface area contributed by atoms with Crippen LogP contribution in [0.5, 0.6) is 0 Å². The molecule has 2 rings (SSSR count). The largest absolute Gasteiger partial charge is 0.303 e. The van der Waals surface area contributed by atoms with Gasteiger partial charge in [0.15, 0.2) is 0 Å². The molecule has 2 nitrogen and oxygen atoms in total. The first-order chi connectivity index (χ1) is 7.29. The average Bonchev–Trinajstić information content (AvgIpc) is 2.67. The zero-order chi connectivity index (χ0) is 10.7. The molecule has 0 saturated carbocycles. The van der Waals surface area contributed by atoms with Crippen molar-refractivity contribution in [3.8, 4) is 10.6 Å². The molecule has 0 saturated heterocycles. The maximum Gasteiger partial charge on any atom is 0.125 e. The van der Waals surface area contributed by atoms with Crippen molar-refractivity contribution in [2.75, 3.05) is 0 Å². The van der Waals surface area contributed by atoms with Crippen molar-refractivity contribution in [2.45, 2.75) is 6.42 Å². The molecule has 0 fully saturated rings. The lowest BCUT2D eigenvalue weighted by Gasteiger charge is -1.96. The summed E-state index contributed by atoms with van der Waals surface area (Å²) in [4.78, 5) is 14.7. The molecule has 0 unspecified atom stereocenters. The van der Waals surface area contributed by atoms with E-state index < -0.39 is 0 Å². The number of hydrogen-bond donors (Lipinski definition) is 0. The predicted molar refractivity (Wildman–Crippen MR) is 65.0 cm³/mol. The molecule has 1 aromatic heterocycles. The van der Waals surface area contributed by atoms with Gasteiger partial charge in [0.05, 0.1) is 5.69 Å². The lowest BCUT2D eigenvalue weighted by Crippen LogP contribution is -1.85. The Hall–Kier alpha value is -1.00. The molecular formula is C11H8BrNOS. The van der Waals surface area contributed by atoms with Crippen molar-refractivity contribution in [1.29, 1.82) is 0 Å². The molecule has 1 aromatic carbocycles. The van der Waals surface area contributed by atoms with Crippen molar-refractivity contribution in [3.63, 3.8) is 0 Å². The minimum absolute atomic E-state index is 0.393. The third-order valence-electron chi connectivity index (χ3n) is 1.92. The van der Waals surface area contributed by atoms with E-state index in [-0.39, 0.29) is 0 Å². The van der Waals surface area contributed by atoms with Crippen LogP contribution in [0.2, 0.25) is 0 Å². The van der Waals surface area contributed by atoms with Gasteiger partial charge in [-0.05, 0) is 12.1 Å². The fourth-order valence-electron chi connectivity index (χ4n) is 1.24. The highest BCUT2D eigenvalue weighted by Gasteiger charge is 2.04. The van der Waals surface area contributed by atoms with Gasteiger partial charge in [-0.1, -0.05) is 28.1 Å². The van der Waals surface area contributed by atoms with Crippen LogP contribution in [0.1, 0.15) is 5.69 Å². The molecule has 76 valence electrons. The second-order valence-electron chi connectivity index (χ2n) is 3.03. The first kappa shape index (κ1) is 10.5. The average molecular weight is 282 g/mol. The summed E-state index contributed by atoms with van der Waals surface area (Å²) in [6.45, 7) is 0. The molecule has 15 heavy (non-hydrogen) atoms. The lowest BCUT2D eigenvalue weighted by atomic mass is 10.2. The minimum Gasteiger partial charge on any atom is -0.303 e. The van der Waals surface area contributed by atoms with E-state index in [4.69, 9.17) is 0 Å². The molecule has 0 aliphatic rings. The van der Waals surface area contributed by atoms with Gasteiger partial charge in [-0.25, -0.2) is 4.98 Å². The van der Waals surface area contributed by atoms with Crippen molar-refractivity contribution in [3.05, 3.63) is 39.8 Å². The monoisotopic (exact) mass is 281 g/mol. The molecule has 1 heterocycles. The van der Waals surface area contributed by atoms with Crippen molar-refractivity contribution in [1.82, 2.24) is 4.98 Å². The zero-order valence-corrected chi connectivity index (χ0v) is 10.2. The Labute approximate surface area is 100 Å². The van der Waals surface area contributed by atoms with Crippen LogP contribution >= 0.6 is 27.3 Å². The lowest BCUT2D eigenvalue weighted by molar-refractivity contribution is -0.107. The smallest absolute Gasteiger partial charge is 0.125 e. The third-order valence-corrected chi connectivity index (χ3v) is 3.35. The van der Waals surface area contributed by atoms with Crippen molar-refractivity contribution < 1.29 is 4.79 Å². The Balaban J connectivity index is 2.32. The summed E-state index contributed by atoms with van der Waals surface area (Å²) >= 11 is 4.98. The number of thiazole rings is 1. The maximum atomic E-state index is 10.3. The molecule has 0 N–H and O–H groups in total. The first-order valence-corrected chi connectivity index (χ1v) is 6.11. The highest BCUT2D eigenvalue weighted by Crippen LogP contribution is 2.26. The van der Waals surface area contributed by atoms with E-state index in [1.165, 1.54) is 0 Å². The molecule has 0 radical (unpaired) electrons. The minimum atomic E-state index is 0.393. The van der Waals surface area contributed by atoms with E-state index in [2.05, 4.69) is 20.9 Å². The fourth-order valence-corrected chi connectivity index (χ4v) is 2.47. The highest BCUT2D eigenvalue weighted by atomic mass is 79.9. The molecule has 4 heteroatoms. The molecular weight excluding hydrogens is 274 g/mol. The maximum absolute atomic E-state index is 10.3. The summed E-state index contributed by atoms with van der Waals surface area (Å²) in [6, 6.07) is 7.97. The van der Waals surface area contributed by atoms with E-state index in [9.17, 15) is 4.79 Å². The molecule has 0 spiro atoms. The van der Waals surface area contributed by atoms with Crippen LogP contribution in [-0.2, 0) is 11.2 Å². The van der Waals surface area contributed by atoms with E-state index in [1.807, 2.05) is 29.6 Å². The second-order valence-corrected chi connectivity index (χ2v) is 4.80. The first-order valence-electron chi connectivity index (χ1n) is 4.43. The number of rotatable bonds is 3. The van der Waals surface area contributed by atoms with Gasteiger partial charge in [-0.2, -0.15) is 0 Å². The molecule has 0 amide bonds. The topological polar surface area (TPSA) is 30.0 Å². The number of hydrogen-bond acceptors (Lipinski definition) is 3. The zero-order valence-electron chi connectivity index (χ0n) is 7.81. The Kier molecular flexibility index (Phi) is 3.28. The highest BCUT2D eigenvalue weighted by molar-refractivity contribution is 9.10. The fraction of sp³-hybridized carbons (Fsp3) is 0.0909. The number of aldehydes is 1. The summed E-state index contributed by atoms with van der Waals surface area (Å²) in [5, 5.41) is 2.87. The quantitative estimate of drug-likeness (QED) is 0.808. The van der Waals surface area contributed by atoms with Crippen LogP contribution in [0.3, 0.4) is 0 Å². The van der Waals surface area contributed by atoms with Gasteiger partial charge in [-0.15, -0.1) is 11.3 Å². The van der Waals surface area contributed by atoms with E-state index in [0.717, 1.165) is 27.0 Å². The summed E-state index contributed by atoms with van der Waals surface area (Å²) in [6.07, 6.45) is 1.27. The number of carbonyl (C=O) groups is 1. The normalized spacial score (nSPS) is 10.2. The Bertz CT molecular complexity index is 481. The molecule has 0 aliphatic carbocycles. The van der Waals surface area contributed by atoms with Crippen LogP contribution in [-0.4, -0.2) is 11.3 Å². The van der Waals surface area contributed by atoms with Crippen molar-refractivity contribution >= 4 is 33.6 Å². The molecule has 2 aromatic rings. The summed E-state index contributed by atoms with van der Waals surface area (Å²) < 4.78 is 1.03. The Morgan fingerprint density at radius 2 is 2.33 bits per heavy atom. The third kappa shape index (κ3) is 2.52. The standard InChI is InChI=1S/C11H8BrNOS/c12-9-3-1-2-8(6-9)11-13-10(4-5-14)7-15-11/h1-3,5-7H,4H2. The van der Waals surface area contributed by atoms with Gasteiger partial charge in [0, 0.05) is 21.8 Å². The number of nitrogens with zero attached hydrogens (tertiary/aromatic N) is 1. The number of halogens is 1. The van der Waals surface area contributed by atoms with Crippen LogP contribution in [0.25, 0.3) is 10.6 Å². The van der Waals surface area contributed by atoms with Crippen LogP contribution in [0, 0.1) is 0 Å². The molecule has 0 aliphatic heterocycles. The Morgan fingerprint density at radius 1 is 1.47 bits per heavy atom. The van der Waals surface area contributed by atoms with Crippen LogP contribution < -0.4 is 0 Å². The van der Waals surface area contributed by atoms with Gasteiger partial charge in [0.25, 0.3) is 0 Å². The SMILES string of the molecule is O=CCc1csc(-c2cccc(Br)c2)n1. The van der Waals surface area contributed by atoms with Gasteiger partial charge < -0.3 is 4.79 Å². The second kappa shape index (κ2) is 4.68. The number of carbonyl (C=O) groups excluding carboxylic acids is 1. The number of benzene rings is 1. The van der Waals surface area contributed by atoms with Gasteiger partial charge in [0.1, 0.15) is 11.3 Å². The van der Waals surface area contributed by atoms with Crippen LogP contribution in [0.15, 0.2) is 34.1 Å². The van der Waals surface area contributed by atoms with E-state index >= 15 is 0 Å². The summed E-state index contributed by atoms with van der Waals surface area (Å²) in [7, 11) is 0. The van der Waals surface area contributed by atoms with Crippen molar-refractivity contribution in [2.24, 2.45) is 0 Å². The summed E-state index contributed by atoms with van der Waals surface area (Å²) in [5.41, 5.74) is 1.91. The van der Waals surface area contributed by atoms with E-state index in [1.54, 1.807) is 11.3 Å². The van der Waals surface area contributed by atoms with Gasteiger partial charge >= 0.3 is 0 Å². The van der Waals surface area contributed by atoms with Gasteiger partial charge in [0.2, 0.25) is 0 Å². The number of aromatic nitrogens is 1. The summed E-state index contributed by atoms with van der Waals surface area (Å²) in [5.74, 6) is 0. The van der Waals surface area contributed by atoms with E-state index in [0.29, 0.717) is 6.42 Å². The predicted octanol–water partition coefficient (Wildman–Crippen LogP) is 3.31. The van der Waals surface area contributed by atoms with Gasteiger partial charge in [-0.3, -0.25) is 0 Å². The molecule has 0 bridgehead atoms. The Morgan fingerprint density at radius 3 is 3.07 bits per heavy atom. The van der Waals surface area contributed by atoms with Crippen LogP contribution in [0.4, 0.5) is 0 Å².